The molecule has 188 valence electrons. The predicted octanol–water partition coefficient (Wildman–Crippen LogP) is 5.92. The number of benzene rings is 2. The number of carbonyl (C=O) groups excluding carboxylic acids is 2. The number of hydrogen-bond donors (Lipinski definition) is 2. The van der Waals surface area contributed by atoms with Crippen molar-refractivity contribution in [2.75, 3.05) is 11.5 Å². The first-order chi connectivity index (χ1) is 16.9. The number of hydrogen-bond acceptors (Lipinski definition) is 6. The lowest BCUT2D eigenvalue weighted by Gasteiger charge is -2.25. The molecule has 1 aromatic heterocycles. The molecule has 0 bridgehead atoms. The number of nitrogens with zero attached hydrogens (tertiary/aromatic N) is 1. The quantitative estimate of drug-likeness (QED) is 0.262. The third-order valence-corrected chi connectivity index (χ3v) is 6.23. The number of phenols is 1. The van der Waals surface area contributed by atoms with Gasteiger partial charge in [-0.15, -0.1) is 0 Å². The number of ether oxygens (including phenoxy) is 1. The topological polar surface area (TPSA) is 100 Å². The summed E-state index contributed by atoms with van der Waals surface area (Å²) in [6, 6.07) is 12.3. The Bertz CT molecular complexity index is 1370. The molecule has 7 nitrogen and oxygen atoms in total. The Balaban J connectivity index is 1.96. The number of aliphatic hydroxyl groups is 1. The molecule has 7 heteroatoms. The molecule has 2 N–H and O–H groups in total. The Morgan fingerprint density at radius 2 is 1.78 bits per heavy atom. The lowest BCUT2D eigenvalue weighted by Crippen LogP contribution is -2.29. The zero-order valence-electron chi connectivity index (χ0n) is 21.4. The van der Waals surface area contributed by atoms with Crippen LogP contribution >= 0.6 is 0 Å². The predicted molar refractivity (Wildman–Crippen MR) is 137 cm³/mol. The highest BCUT2D eigenvalue weighted by Crippen LogP contribution is 2.46. The van der Waals surface area contributed by atoms with Crippen LogP contribution in [0.4, 0.5) is 5.69 Å². The summed E-state index contributed by atoms with van der Waals surface area (Å²) in [5, 5.41) is 22.1. The number of aromatic hydroxyl groups is 1. The Morgan fingerprint density at radius 3 is 2.39 bits per heavy atom. The Morgan fingerprint density at radius 1 is 1.06 bits per heavy atom. The van der Waals surface area contributed by atoms with Crippen LogP contribution in [0.5, 0.6) is 11.5 Å². The van der Waals surface area contributed by atoms with Gasteiger partial charge < -0.3 is 19.4 Å². The molecule has 0 radical (unpaired) electrons. The molecule has 1 fully saturated rings. The summed E-state index contributed by atoms with van der Waals surface area (Å²) >= 11 is 0. The summed E-state index contributed by atoms with van der Waals surface area (Å²) in [5.74, 6) is -0.638. The van der Waals surface area contributed by atoms with Crippen molar-refractivity contribution in [3.8, 4) is 11.5 Å². The van der Waals surface area contributed by atoms with Crippen molar-refractivity contribution in [3.63, 3.8) is 0 Å². The minimum absolute atomic E-state index is 0.112. The molecule has 36 heavy (non-hydrogen) atoms. The fourth-order valence-corrected chi connectivity index (χ4v) is 4.48. The van der Waals surface area contributed by atoms with Crippen molar-refractivity contribution in [1.29, 1.82) is 0 Å². The highest BCUT2D eigenvalue weighted by molar-refractivity contribution is 6.51. The number of anilines is 1. The summed E-state index contributed by atoms with van der Waals surface area (Å²) in [7, 11) is 0. The van der Waals surface area contributed by atoms with E-state index in [-0.39, 0.29) is 28.2 Å². The van der Waals surface area contributed by atoms with E-state index in [9.17, 15) is 19.8 Å². The van der Waals surface area contributed by atoms with E-state index in [0.717, 1.165) is 11.1 Å². The molecule has 1 atom stereocenters. The first-order valence-corrected chi connectivity index (χ1v) is 11.9. The van der Waals surface area contributed by atoms with Crippen LogP contribution in [0.2, 0.25) is 0 Å². The molecule has 0 saturated carbocycles. The summed E-state index contributed by atoms with van der Waals surface area (Å²) in [5.41, 5.74) is 1.77. The summed E-state index contributed by atoms with van der Waals surface area (Å²) in [6.07, 6.45) is 0. The normalized spacial score (nSPS) is 17.6. The number of furan rings is 1. The van der Waals surface area contributed by atoms with Crippen LogP contribution in [0, 0.1) is 13.8 Å². The molecule has 3 aromatic rings. The monoisotopic (exact) mass is 489 g/mol. The van der Waals surface area contributed by atoms with Gasteiger partial charge in [-0.2, -0.15) is 0 Å². The van der Waals surface area contributed by atoms with Crippen molar-refractivity contribution in [3.05, 3.63) is 82.3 Å². The Kier molecular flexibility index (Phi) is 6.43. The second kappa shape index (κ2) is 9.22. The van der Waals surface area contributed by atoms with Crippen LogP contribution in [0.15, 0.2) is 58.5 Å². The first kappa shape index (κ1) is 25.1. The van der Waals surface area contributed by atoms with Gasteiger partial charge in [-0.25, -0.2) is 0 Å². The van der Waals surface area contributed by atoms with E-state index in [1.807, 2.05) is 34.6 Å². The van der Waals surface area contributed by atoms with Crippen LogP contribution in [-0.4, -0.2) is 28.5 Å². The molecule has 4 rings (SSSR count). The number of ketones is 1. The Labute approximate surface area is 210 Å². The van der Waals surface area contributed by atoms with Gasteiger partial charge in [0.2, 0.25) is 0 Å². The fraction of sp³-hybridized carbons (Fsp3) is 0.310. The standard InChI is InChI=1S/C29H31NO6/c1-7-35-22-13-10-18(15-19(22)29(4,5)6)26(32)24-25(23-12-9-17(3)36-23)30(28(34)27(24)33)20-14-16(2)8-11-21(20)31/h8-15,25,31-32H,7H2,1-6H3/b26-24-. The number of phenolic OH excluding ortho intramolecular Hbond substituents is 1. The maximum absolute atomic E-state index is 13.4. The number of Topliss-reactive ketones (excluding diaryl/α,β-unsaturated/α-hetero) is 1. The van der Waals surface area contributed by atoms with Gasteiger partial charge in [-0.1, -0.05) is 26.8 Å². The van der Waals surface area contributed by atoms with Gasteiger partial charge in [0.25, 0.3) is 11.7 Å². The second-order valence-electron chi connectivity index (χ2n) is 10.0. The summed E-state index contributed by atoms with van der Waals surface area (Å²) in [6.45, 7) is 12.0. The summed E-state index contributed by atoms with van der Waals surface area (Å²) in [4.78, 5) is 27.9. The molecule has 0 aliphatic carbocycles. The van der Waals surface area contributed by atoms with Crippen LogP contribution in [0.1, 0.15) is 61.9 Å². The number of carbonyl (C=O) groups is 2. The number of amides is 1. The van der Waals surface area contributed by atoms with Crippen molar-refractivity contribution in [1.82, 2.24) is 0 Å². The van der Waals surface area contributed by atoms with E-state index >= 15 is 0 Å². The SMILES string of the molecule is CCOc1ccc(/C(O)=C2/C(=O)C(=O)N(c3cc(C)ccc3O)C2c2ccc(C)o2)cc1C(C)(C)C. The van der Waals surface area contributed by atoms with Crippen molar-refractivity contribution in [2.45, 2.75) is 53.0 Å². The van der Waals surface area contributed by atoms with Crippen LogP contribution in [0.3, 0.4) is 0 Å². The van der Waals surface area contributed by atoms with E-state index < -0.39 is 17.7 Å². The van der Waals surface area contributed by atoms with Crippen molar-refractivity contribution >= 4 is 23.1 Å². The van der Waals surface area contributed by atoms with E-state index in [4.69, 9.17) is 9.15 Å². The van der Waals surface area contributed by atoms with Gasteiger partial charge in [-0.3, -0.25) is 14.5 Å². The molecular weight excluding hydrogens is 458 g/mol. The van der Waals surface area contributed by atoms with Gasteiger partial charge in [0.1, 0.15) is 34.8 Å². The minimum Gasteiger partial charge on any atom is -0.507 e. The fourth-order valence-electron chi connectivity index (χ4n) is 4.48. The molecule has 1 amide bonds. The van der Waals surface area contributed by atoms with Crippen LogP contribution in [0.25, 0.3) is 5.76 Å². The minimum atomic E-state index is -1.06. The highest BCUT2D eigenvalue weighted by Gasteiger charge is 2.49. The maximum Gasteiger partial charge on any atom is 0.300 e. The highest BCUT2D eigenvalue weighted by atomic mass is 16.5. The van der Waals surface area contributed by atoms with E-state index in [1.165, 1.54) is 11.0 Å². The second-order valence-corrected chi connectivity index (χ2v) is 10.0. The average molecular weight is 490 g/mol. The largest absolute Gasteiger partial charge is 0.507 e. The zero-order valence-corrected chi connectivity index (χ0v) is 21.4. The van der Waals surface area contributed by atoms with E-state index in [1.54, 1.807) is 49.4 Å². The molecule has 0 spiro atoms. The Hall–Kier alpha value is -4.00. The lowest BCUT2D eigenvalue weighted by molar-refractivity contribution is -0.132. The third-order valence-electron chi connectivity index (χ3n) is 6.23. The van der Waals surface area contributed by atoms with Crippen molar-refractivity contribution < 1.29 is 29.0 Å². The molecular formula is C29H31NO6. The molecule has 1 aliphatic heterocycles. The maximum atomic E-state index is 13.4. The van der Waals surface area contributed by atoms with Gasteiger partial charge in [0.15, 0.2) is 0 Å². The molecule has 1 unspecified atom stereocenters. The van der Waals surface area contributed by atoms with Gasteiger partial charge in [-0.05, 0) is 74.2 Å². The summed E-state index contributed by atoms with van der Waals surface area (Å²) < 4.78 is 11.6. The lowest BCUT2D eigenvalue weighted by atomic mass is 9.84. The van der Waals surface area contributed by atoms with Gasteiger partial charge in [0.05, 0.1) is 17.9 Å². The zero-order chi connectivity index (χ0) is 26.4. The van der Waals surface area contributed by atoms with Gasteiger partial charge >= 0.3 is 0 Å². The number of aryl methyl sites for hydroxylation is 2. The first-order valence-electron chi connectivity index (χ1n) is 11.9. The number of aliphatic hydroxyl groups excluding tert-OH is 1. The van der Waals surface area contributed by atoms with Crippen molar-refractivity contribution in [2.24, 2.45) is 0 Å². The van der Waals surface area contributed by atoms with Crippen LogP contribution < -0.4 is 9.64 Å². The van der Waals surface area contributed by atoms with Crippen LogP contribution in [-0.2, 0) is 15.0 Å². The number of rotatable bonds is 5. The van der Waals surface area contributed by atoms with E-state index in [2.05, 4.69) is 0 Å². The third kappa shape index (κ3) is 4.37. The molecule has 1 aliphatic rings. The molecule has 1 saturated heterocycles. The average Bonchev–Trinajstić information content (AvgIpc) is 3.35. The molecule has 2 heterocycles. The van der Waals surface area contributed by atoms with E-state index in [0.29, 0.717) is 29.4 Å². The smallest absolute Gasteiger partial charge is 0.300 e. The van der Waals surface area contributed by atoms with Gasteiger partial charge in [0, 0.05) is 11.1 Å². The molecule has 2 aromatic carbocycles.